The predicted molar refractivity (Wildman–Crippen MR) is 115 cm³/mol. The minimum absolute atomic E-state index is 0.0795. The van der Waals surface area contributed by atoms with Crippen LogP contribution in [0, 0.1) is 11.3 Å². The lowest BCUT2D eigenvalue weighted by atomic mass is 9.78. The Bertz CT molecular complexity index is 929. The Labute approximate surface area is 186 Å². The molecule has 0 unspecified atom stereocenters. The summed E-state index contributed by atoms with van der Waals surface area (Å²) in [5.41, 5.74) is -0.345. The van der Waals surface area contributed by atoms with Gasteiger partial charge in [-0.3, -0.25) is 4.90 Å². The minimum Gasteiger partial charge on any atom is -0.476 e. The third-order valence-electron chi connectivity index (χ3n) is 6.50. The maximum absolute atomic E-state index is 12.4. The normalized spacial score (nSPS) is 26.5. The monoisotopic (exact) mass is 440 g/mol. The molecule has 170 valence electrons. The van der Waals surface area contributed by atoms with Crippen LogP contribution in [-0.4, -0.2) is 65.0 Å². The van der Waals surface area contributed by atoms with Crippen LogP contribution in [-0.2, 0) is 9.47 Å². The standard InChI is InChI=1S/C22H28N6O4/c1-21(13-30-14-21)15-31-19-5-4-17(25-27-19)23-11-16-6-8-22(9-7-16)12-28(20(29)32-22)18-3-2-10-24-26-18/h2-5,10,16H,6-9,11-15H2,1H3,(H,23,25). The van der Waals surface area contributed by atoms with Crippen molar-refractivity contribution in [3.05, 3.63) is 30.5 Å². The van der Waals surface area contributed by atoms with Gasteiger partial charge in [-0.2, -0.15) is 5.10 Å². The molecule has 1 N–H and O–H groups in total. The van der Waals surface area contributed by atoms with Gasteiger partial charge in [-0.25, -0.2) is 4.79 Å². The summed E-state index contributed by atoms with van der Waals surface area (Å²) < 4.78 is 16.8. The molecule has 3 aliphatic rings. The number of rotatable bonds is 7. The highest BCUT2D eigenvalue weighted by molar-refractivity contribution is 5.89. The van der Waals surface area contributed by atoms with Crippen molar-refractivity contribution in [3.8, 4) is 5.88 Å². The second-order valence-corrected chi connectivity index (χ2v) is 9.39. The molecule has 4 heterocycles. The van der Waals surface area contributed by atoms with Gasteiger partial charge in [-0.05, 0) is 49.8 Å². The van der Waals surface area contributed by atoms with Gasteiger partial charge in [0.15, 0.2) is 5.82 Å². The number of nitrogens with one attached hydrogen (secondary N) is 1. The molecule has 5 rings (SSSR count). The Morgan fingerprint density at radius 1 is 1.19 bits per heavy atom. The molecule has 1 amide bonds. The number of ether oxygens (including phenoxy) is 3. The van der Waals surface area contributed by atoms with E-state index >= 15 is 0 Å². The summed E-state index contributed by atoms with van der Waals surface area (Å²) in [7, 11) is 0. The lowest BCUT2D eigenvalue weighted by molar-refractivity contribution is -0.120. The molecule has 2 saturated heterocycles. The van der Waals surface area contributed by atoms with Crippen LogP contribution < -0.4 is 15.0 Å². The molecule has 0 bridgehead atoms. The van der Waals surface area contributed by atoms with E-state index in [1.807, 2.05) is 12.1 Å². The van der Waals surface area contributed by atoms with Gasteiger partial charge in [0.25, 0.3) is 0 Å². The molecule has 2 aromatic heterocycles. The molecule has 10 heteroatoms. The number of hydrogen-bond acceptors (Lipinski definition) is 9. The van der Waals surface area contributed by atoms with Gasteiger partial charge in [-0.15, -0.1) is 15.3 Å². The van der Waals surface area contributed by atoms with Crippen LogP contribution >= 0.6 is 0 Å². The van der Waals surface area contributed by atoms with Crippen molar-refractivity contribution in [1.29, 1.82) is 0 Å². The fourth-order valence-electron chi connectivity index (χ4n) is 4.43. The van der Waals surface area contributed by atoms with Gasteiger partial charge < -0.3 is 19.5 Å². The van der Waals surface area contributed by atoms with Crippen molar-refractivity contribution in [3.63, 3.8) is 0 Å². The number of hydrogen-bond donors (Lipinski definition) is 1. The highest BCUT2D eigenvalue weighted by Crippen LogP contribution is 2.40. The smallest absolute Gasteiger partial charge is 0.416 e. The first-order valence-electron chi connectivity index (χ1n) is 11.1. The molecular formula is C22H28N6O4. The van der Waals surface area contributed by atoms with Crippen LogP contribution in [0.1, 0.15) is 32.6 Å². The van der Waals surface area contributed by atoms with Gasteiger partial charge in [0.2, 0.25) is 5.88 Å². The Kier molecular flexibility index (Phi) is 5.54. The molecule has 1 spiro atoms. The van der Waals surface area contributed by atoms with Gasteiger partial charge in [0, 0.05) is 24.2 Å². The van der Waals surface area contributed by atoms with Crippen LogP contribution in [0.25, 0.3) is 0 Å². The molecule has 1 saturated carbocycles. The van der Waals surface area contributed by atoms with Crippen LogP contribution in [0.5, 0.6) is 5.88 Å². The van der Waals surface area contributed by atoms with Gasteiger partial charge in [-0.1, -0.05) is 6.92 Å². The first kappa shape index (κ1) is 20.9. The zero-order chi connectivity index (χ0) is 22.0. The SMILES string of the molecule is CC1(COc2ccc(NCC3CCC4(CC3)CN(c3cccnn3)C(=O)O4)nn2)COC1. The summed E-state index contributed by atoms with van der Waals surface area (Å²) in [4.78, 5) is 14.0. The van der Waals surface area contributed by atoms with E-state index in [0.29, 0.717) is 30.8 Å². The highest BCUT2D eigenvalue weighted by Gasteiger charge is 2.48. The van der Waals surface area contributed by atoms with E-state index in [1.165, 1.54) is 0 Å². The van der Waals surface area contributed by atoms with E-state index in [1.54, 1.807) is 23.2 Å². The zero-order valence-corrected chi connectivity index (χ0v) is 18.2. The molecule has 0 aromatic carbocycles. The maximum atomic E-state index is 12.4. The van der Waals surface area contributed by atoms with Crippen LogP contribution in [0.3, 0.4) is 0 Å². The Balaban J connectivity index is 1.08. The maximum Gasteiger partial charge on any atom is 0.416 e. The van der Waals surface area contributed by atoms with E-state index in [0.717, 1.165) is 51.3 Å². The Hall–Kier alpha value is -3.01. The second kappa shape index (κ2) is 8.50. The molecule has 0 atom stereocenters. The number of aromatic nitrogens is 4. The molecule has 1 aliphatic carbocycles. The number of anilines is 2. The molecule has 2 aliphatic heterocycles. The second-order valence-electron chi connectivity index (χ2n) is 9.39. The fraction of sp³-hybridized carbons (Fsp3) is 0.591. The lowest BCUT2D eigenvalue weighted by Gasteiger charge is -2.37. The molecule has 10 nitrogen and oxygen atoms in total. The summed E-state index contributed by atoms with van der Waals surface area (Å²) in [6.45, 7) is 5.50. The van der Waals surface area contributed by atoms with Crippen molar-refractivity contribution in [2.45, 2.75) is 38.2 Å². The van der Waals surface area contributed by atoms with Crippen LogP contribution in [0.4, 0.5) is 16.4 Å². The highest BCUT2D eigenvalue weighted by atomic mass is 16.6. The molecule has 0 radical (unpaired) electrons. The summed E-state index contributed by atoms with van der Waals surface area (Å²) in [5, 5.41) is 19.7. The lowest BCUT2D eigenvalue weighted by Crippen LogP contribution is -2.44. The fourth-order valence-corrected chi connectivity index (χ4v) is 4.43. The summed E-state index contributed by atoms with van der Waals surface area (Å²) in [5.74, 6) is 2.29. The molecule has 2 aromatic rings. The third kappa shape index (κ3) is 4.45. The minimum atomic E-state index is -0.425. The molecular weight excluding hydrogens is 412 g/mol. The largest absolute Gasteiger partial charge is 0.476 e. The quantitative estimate of drug-likeness (QED) is 0.694. The van der Waals surface area contributed by atoms with E-state index in [9.17, 15) is 4.79 Å². The first-order valence-corrected chi connectivity index (χ1v) is 11.1. The number of amides is 1. The van der Waals surface area contributed by atoms with Gasteiger partial charge in [0.05, 0.1) is 26.4 Å². The topological polar surface area (TPSA) is 112 Å². The van der Waals surface area contributed by atoms with Gasteiger partial charge in [0.1, 0.15) is 11.4 Å². The number of nitrogens with zero attached hydrogens (tertiary/aromatic N) is 5. The van der Waals surface area contributed by atoms with Crippen molar-refractivity contribution in [2.75, 3.05) is 43.1 Å². The van der Waals surface area contributed by atoms with E-state index in [-0.39, 0.29) is 11.5 Å². The van der Waals surface area contributed by atoms with Gasteiger partial charge >= 0.3 is 6.09 Å². The Morgan fingerprint density at radius 2 is 2.03 bits per heavy atom. The Morgan fingerprint density at radius 3 is 2.69 bits per heavy atom. The summed E-state index contributed by atoms with van der Waals surface area (Å²) >= 11 is 0. The molecule has 3 fully saturated rings. The van der Waals surface area contributed by atoms with Crippen LogP contribution in [0.15, 0.2) is 30.5 Å². The average molecular weight is 441 g/mol. The van der Waals surface area contributed by atoms with E-state index in [4.69, 9.17) is 14.2 Å². The van der Waals surface area contributed by atoms with Crippen molar-refractivity contribution in [2.24, 2.45) is 11.3 Å². The molecule has 32 heavy (non-hydrogen) atoms. The third-order valence-corrected chi connectivity index (χ3v) is 6.50. The number of carbonyl (C=O) groups is 1. The van der Waals surface area contributed by atoms with Crippen molar-refractivity contribution < 1.29 is 19.0 Å². The average Bonchev–Trinajstić information content (AvgIpc) is 3.13. The first-order chi connectivity index (χ1) is 15.5. The van der Waals surface area contributed by atoms with Crippen molar-refractivity contribution in [1.82, 2.24) is 20.4 Å². The van der Waals surface area contributed by atoms with E-state index < -0.39 is 5.60 Å². The van der Waals surface area contributed by atoms with Crippen molar-refractivity contribution >= 4 is 17.7 Å². The zero-order valence-electron chi connectivity index (χ0n) is 18.2. The summed E-state index contributed by atoms with van der Waals surface area (Å²) in [6, 6.07) is 7.29. The predicted octanol–water partition coefficient (Wildman–Crippen LogP) is 2.68. The number of carbonyl (C=O) groups excluding carboxylic acids is 1. The summed E-state index contributed by atoms with van der Waals surface area (Å²) in [6.07, 6.45) is 4.88. The van der Waals surface area contributed by atoms with E-state index in [2.05, 4.69) is 32.6 Å². The van der Waals surface area contributed by atoms with Crippen LogP contribution in [0.2, 0.25) is 0 Å².